The monoisotopic (exact) mass is 365 g/mol. The van der Waals surface area contributed by atoms with E-state index in [1.165, 1.54) is 0 Å². The molecular weight excluding hydrogens is 346 g/mol. The van der Waals surface area contributed by atoms with Crippen LogP contribution in [-0.4, -0.2) is 28.8 Å². The van der Waals surface area contributed by atoms with Crippen LogP contribution in [0.15, 0.2) is 48.5 Å². The van der Waals surface area contributed by atoms with Gasteiger partial charge in [0.15, 0.2) is 11.6 Å². The molecule has 1 aliphatic heterocycles. The highest BCUT2D eigenvalue weighted by Crippen LogP contribution is 2.27. The van der Waals surface area contributed by atoms with Crippen molar-refractivity contribution in [3.63, 3.8) is 0 Å². The van der Waals surface area contributed by atoms with Gasteiger partial charge in [0, 0.05) is 29.6 Å². The standard InChI is InChI=1S/C21H20ClN3O/c1-14-21(24-19-5-3-2-4-18(19)23-14)25-12-10-16(11-13-25)20(26)15-6-8-17(22)9-7-15/h2-9,16H,10-13H2,1H3. The van der Waals surface area contributed by atoms with Gasteiger partial charge >= 0.3 is 0 Å². The Balaban J connectivity index is 1.49. The van der Waals surface area contributed by atoms with Crippen molar-refractivity contribution in [2.45, 2.75) is 19.8 Å². The molecule has 0 unspecified atom stereocenters. The lowest BCUT2D eigenvalue weighted by molar-refractivity contribution is 0.0900. The second-order valence-electron chi connectivity index (χ2n) is 6.75. The second-order valence-corrected chi connectivity index (χ2v) is 7.19. The van der Waals surface area contributed by atoms with Crippen LogP contribution < -0.4 is 4.90 Å². The third kappa shape index (κ3) is 3.29. The molecule has 0 spiro atoms. The summed E-state index contributed by atoms with van der Waals surface area (Å²) < 4.78 is 0. The van der Waals surface area contributed by atoms with Gasteiger partial charge in [0.25, 0.3) is 0 Å². The molecule has 1 saturated heterocycles. The molecule has 0 atom stereocenters. The van der Waals surface area contributed by atoms with E-state index >= 15 is 0 Å². The van der Waals surface area contributed by atoms with Crippen LogP contribution in [0, 0.1) is 12.8 Å². The summed E-state index contributed by atoms with van der Waals surface area (Å²) in [4.78, 5) is 24.4. The van der Waals surface area contributed by atoms with Gasteiger partial charge in [-0.1, -0.05) is 23.7 Å². The SMILES string of the molecule is Cc1nc2ccccc2nc1N1CCC(C(=O)c2ccc(Cl)cc2)CC1. The molecule has 0 aliphatic carbocycles. The van der Waals surface area contributed by atoms with E-state index in [1.807, 2.05) is 43.3 Å². The minimum atomic E-state index is 0.0566. The summed E-state index contributed by atoms with van der Waals surface area (Å²) in [5, 5.41) is 0.654. The maximum absolute atomic E-state index is 12.7. The number of ketones is 1. The van der Waals surface area contributed by atoms with Gasteiger partial charge in [0.05, 0.1) is 16.7 Å². The van der Waals surface area contributed by atoms with Gasteiger partial charge in [0.2, 0.25) is 0 Å². The third-order valence-corrected chi connectivity index (χ3v) is 5.27. The average molecular weight is 366 g/mol. The lowest BCUT2D eigenvalue weighted by atomic mass is 9.89. The van der Waals surface area contributed by atoms with Crippen LogP contribution >= 0.6 is 11.6 Å². The van der Waals surface area contributed by atoms with E-state index < -0.39 is 0 Å². The molecule has 2 aromatic carbocycles. The Morgan fingerprint density at radius 1 is 1.00 bits per heavy atom. The highest BCUT2D eigenvalue weighted by molar-refractivity contribution is 6.30. The number of anilines is 1. The maximum Gasteiger partial charge on any atom is 0.166 e. The number of fused-ring (bicyclic) bond motifs is 1. The number of hydrogen-bond donors (Lipinski definition) is 0. The number of para-hydroxylation sites is 2. The molecule has 0 N–H and O–H groups in total. The number of nitrogens with zero attached hydrogens (tertiary/aromatic N) is 3. The molecule has 2 heterocycles. The Morgan fingerprint density at radius 2 is 1.62 bits per heavy atom. The zero-order valence-electron chi connectivity index (χ0n) is 14.7. The highest BCUT2D eigenvalue weighted by Gasteiger charge is 2.27. The lowest BCUT2D eigenvalue weighted by Gasteiger charge is -2.32. The molecule has 0 bridgehead atoms. The van der Waals surface area contributed by atoms with Crippen LogP contribution in [0.3, 0.4) is 0 Å². The number of carbonyl (C=O) groups excluding carboxylic acids is 1. The molecule has 1 aromatic heterocycles. The maximum atomic E-state index is 12.7. The molecule has 3 aromatic rings. The van der Waals surface area contributed by atoms with Crippen molar-refractivity contribution in [1.82, 2.24) is 9.97 Å². The van der Waals surface area contributed by atoms with Crippen LogP contribution in [-0.2, 0) is 0 Å². The Bertz CT molecular complexity index is 947. The Hall–Kier alpha value is -2.46. The van der Waals surface area contributed by atoms with E-state index in [0.717, 1.165) is 54.0 Å². The smallest absolute Gasteiger partial charge is 0.166 e. The van der Waals surface area contributed by atoms with Crippen LogP contribution in [0.4, 0.5) is 5.82 Å². The summed E-state index contributed by atoms with van der Waals surface area (Å²) in [5.74, 6) is 1.20. The highest BCUT2D eigenvalue weighted by atomic mass is 35.5. The van der Waals surface area contributed by atoms with E-state index in [0.29, 0.717) is 5.02 Å². The molecule has 5 heteroatoms. The largest absolute Gasteiger partial charge is 0.355 e. The van der Waals surface area contributed by atoms with E-state index in [-0.39, 0.29) is 11.7 Å². The lowest BCUT2D eigenvalue weighted by Crippen LogP contribution is -2.37. The van der Waals surface area contributed by atoms with Crippen LogP contribution in [0.1, 0.15) is 28.9 Å². The van der Waals surface area contributed by atoms with Crippen molar-refractivity contribution in [2.24, 2.45) is 5.92 Å². The number of piperidine rings is 1. The molecular formula is C21H20ClN3O. The van der Waals surface area contributed by atoms with E-state index in [1.54, 1.807) is 12.1 Å². The van der Waals surface area contributed by atoms with Gasteiger partial charge in [-0.25, -0.2) is 9.97 Å². The van der Waals surface area contributed by atoms with Gasteiger partial charge in [-0.05, 0) is 56.2 Å². The number of rotatable bonds is 3. The second kappa shape index (κ2) is 7.04. The predicted molar refractivity (Wildman–Crippen MR) is 105 cm³/mol. The number of hydrogen-bond acceptors (Lipinski definition) is 4. The summed E-state index contributed by atoms with van der Waals surface area (Å²) in [6.45, 7) is 3.63. The van der Waals surface area contributed by atoms with Gasteiger partial charge in [-0.3, -0.25) is 4.79 Å². The van der Waals surface area contributed by atoms with Crippen LogP contribution in [0.2, 0.25) is 5.02 Å². The zero-order valence-corrected chi connectivity index (χ0v) is 15.4. The Kier molecular flexibility index (Phi) is 4.60. The van der Waals surface area contributed by atoms with Gasteiger partial charge in [0.1, 0.15) is 0 Å². The average Bonchev–Trinajstić information content (AvgIpc) is 2.68. The fourth-order valence-electron chi connectivity index (χ4n) is 3.58. The summed E-state index contributed by atoms with van der Waals surface area (Å²) in [5.41, 5.74) is 3.51. The number of halogens is 1. The molecule has 0 amide bonds. The minimum Gasteiger partial charge on any atom is -0.355 e. The third-order valence-electron chi connectivity index (χ3n) is 5.01. The zero-order chi connectivity index (χ0) is 18.1. The summed E-state index contributed by atoms with van der Waals surface area (Å²) in [6.07, 6.45) is 1.66. The van der Waals surface area contributed by atoms with Crippen molar-refractivity contribution >= 4 is 34.2 Å². The molecule has 26 heavy (non-hydrogen) atoms. The summed E-state index contributed by atoms with van der Waals surface area (Å²) >= 11 is 5.91. The molecule has 0 saturated carbocycles. The molecule has 1 fully saturated rings. The summed E-state index contributed by atoms with van der Waals surface area (Å²) in [7, 11) is 0. The van der Waals surface area contributed by atoms with E-state index in [9.17, 15) is 4.79 Å². The molecule has 4 nitrogen and oxygen atoms in total. The molecule has 4 rings (SSSR count). The first-order valence-electron chi connectivity index (χ1n) is 8.90. The van der Waals surface area contributed by atoms with Gasteiger partial charge in [-0.15, -0.1) is 0 Å². The van der Waals surface area contributed by atoms with Crippen molar-refractivity contribution < 1.29 is 4.79 Å². The van der Waals surface area contributed by atoms with Gasteiger partial charge in [-0.2, -0.15) is 0 Å². The molecule has 0 radical (unpaired) electrons. The number of aromatic nitrogens is 2. The number of Topliss-reactive ketones (excluding diaryl/α,β-unsaturated/α-hetero) is 1. The quantitative estimate of drug-likeness (QED) is 0.631. The molecule has 1 aliphatic rings. The first-order valence-corrected chi connectivity index (χ1v) is 9.28. The van der Waals surface area contributed by atoms with Crippen molar-refractivity contribution in [2.75, 3.05) is 18.0 Å². The minimum absolute atomic E-state index is 0.0566. The fraction of sp³-hybridized carbons (Fsp3) is 0.286. The fourth-order valence-corrected chi connectivity index (χ4v) is 3.71. The number of carbonyl (C=O) groups is 1. The first kappa shape index (κ1) is 17.0. The van der Waals surface area contributed by atoms with Crippen molar-refractivity contribution in [3.05, 3.63) is 64.8 Å². The van der Waals surface area contributed by atoms with E-state index in [4.69, 9.17) is 16.6 Å². The van der Waals surface area contributed by atoms with Gasteiger partial charge < -0.3 is 4.90 Å². The topological polar surface area (TPSA) is 46.1 Å². The van der Waals surface area contributed by atoms with Crippen LogP contribution in [0.25, 0.3) is 11.0 Å². The Morgan fingerprint density at radius 3 is 2.27 bits per heavy atom. The molecule has 132 valence electrons. The van der Waals surface area contributed by atoms with E-state index in [2.05, 4.69) is 9.88 Å². The van der Waals surface area contributed by atoms with Crippen molar-refractivity contribution in [1.29, 1.82) is 0 Å². The predicted octanol–water partition coefficient (Wildman–Crippen LogP) is 4.69. The first-order chi connectivity index (χ1) is 12.6. The van der Waals surface area contributed by atoms with Crippen molar-refractivity contribution in [3.8, 4) is 0 Å². The van der Waals surface area contributed by atoms with Crippen LogP contribution in [0.5, 0.6) is 0 Å². The Labute approximate surface area is 157 Å². The number of aryl methyl sites for hydroxylation is 1. The normalized spacial score (nSPS) is 15.4. The number of benzene rings is 2. The summed E-state index contributed by atoms with van der Waals surface area (Å²) in [6, 6.07) is 15.1.